The lowest BCUT2D eigenvalue weighted by Gasteiger charge is -2.17. The van der Waals surface area contributed by atoms with Crippen LogP contribution in [-0.2, 0) is 4.12 Å². The summed E-state index contributed by atoms with van der Waals surface area (Å²) in [5.41, 5.74) is 0. The SMILES string of the molecule is CC[Si](N)(N)O[SiH2]C. The zero-order chi connectivity index (χ0) is 6.62. The van der Waals surface area contributed by atoms with E-state index in [1.54, 1.807) is 0 Å². The number of nitrogens with two attached hydrogens (primary N) is 2. The Balaban J connectivity index is 3.37. The summed E-state index contributed by atoms with van der Waals surface area (Å²) in [6.07, 6.45) is 0. The largest absolute Gasteiger partial charge is 0.439 e. The molecule has 0 aliphatic rings. The maximum absolute atomic E-state index is 5.56. The van der Waals surface area contributed by atoms with Crippen LogP contribution in [0.15, 0.2) is 0 Å². The second kappa shape index (κ2) is 3.36. The van der Waals surface area contributed by atoms with Crippen molar-refractivity contribution < 1.29 is 4.12 Å². The van der Waals surface area contributed by atoms with E-state index in [1.807, 2.05) is 13.5 Å². The van der Waals surface area contributed by atoms with Gasteiger partial charge in [-0.3, -0.25) is 0 Å². The quantitative estimate of drug-likeness (QED) is 0.508. The van der Waals surface area contributed by atoms with Crippen LogP contribution in [0.2, 0.25) is 12.6 Å². The summed E-state index contributed by atoms with van der Waals surface area (Å²) >= 11 is 0. The van der Waals surface area contributed by atoms with Crippen molar-refractivity contribution in [2.75, 3.05) is 0 Å². The minimum Gasteiger partial charge on any atom is -0.439 e. The van der Waals surface area contributed by atoms with Gasteiger partial charge in [-0.05, 0) is 6.04 Å². The highest BCUT2D eigenvalue weighted by Crippen LogP contribution is 1.91. The molecule has 0 atom stereocenters. The van der Waals surface area contributed by atoms with Gasteiger partial charge in [-0.15, -0.1) is 0 Å². The first-order valence-corrected chi connectivity index (χ1v) is 7.10. The van der Waals surface area contributed by atoms with Crippen LogP contribution in [-0.4, -0.2) is 18.4 Å². The van der Waals surface area contributed by atoms with Crippen LogP contribution in [0.25, 0.3) is 0 Å². The van der Waals surface area contributed by atoms with E-state index in [0.717, 1.165) is 6.04 Å². The lowest BCUT2D eigenvalue weighted by Crippen LogP contribution is -2.58. The Morgan fingerprint density at radius 3 is 2.25 bits per heavy atom. The molecule has 0 saturated carbocycles. The van der Waals surface area contributed by atoms with E-state index in [1.165, 1.54) is 0 Å². The number of rotatable bonds is 3. The molecule has 4 N–H and O–H groups in total. The van der Waals surface area contributed by atoms with Crippen LogP contribution in [0, 0.1) is 0 Å². The van der Waals surface area contributed by atoms with Gasteiger partial charge in [0.15, 0.2) is 0 Å². The smallest absolute Gasteiger partial charge is 0.335 e. The molecule has 0 aliphatic carbocycles. The molecule has 0 fully saturated rings. The van der Waals surface area contributed by atoms with Crippen molar-refractivity contribution in [2.24, 2.45) is 10.8 Å². The van der Waals surface area contributed by atoms with Crippen LogP contribution >= 0.6 is 0 Å². The molecule has 3 nitrogen and oxygen atoms in total. The molecule has 5 heteroatoms. The minimum atomic E-state index is -2.12. The molecule has 0 heterocycles. The summed E-state index contributed by atoms with van der Waals surface area (Å²) in [5, 5.41) is 11.1. The molecule has 0 radical (unpaired) electrons. The van der Waals surface area contributed by atoms with Crippen LogP contribution < -0.4 is 10.8 Å². The van der Waals surface area contributed by atoms with Crippen LogP contribution in [0.4, 0.5) is 0 Å². The first-order chi connectivity index (χ1) is 3.62. The van der Waals surface area contributed by atoms with Crippen LogP contribution in [0.5, 0.6) is 0 Å². The number of hydrogen-bond donors (Lipinski definition) is 2. The van der Waals surface area contributed by atoms with Crippen molar-refractivity contribution in [1.82, 2.24) is 0 Å². The van der Waals surface area contributed by atoms with Gasteiger partial charge in [0.25, 0.3) is 0 Å². The van der Waals surface area contributed by atoms with Crippen molar-refractivity contribution in [3.8, 4) is 0 Å². The molecule has 0 amide bonds. The predicted molar refractivity (Wildman–Crippen MR) is 40.1 cm³/mol. The Kier molecular flexibility index (Phi) is 3.49. The van der Waals surface area contributed by atoms with E-state index < -0.39 is 8.64 Å². The maximum atomic E-state index is 5.56. The second-order valence-electron chi connectivity index (χ2n) is 1.74. The van der Waals surface area contributed by atoms with Crippen LogP contribution in [0.3, 0.4) is 0 Å². The monoisotopic (exact) mass is 150 g/mol. The van der Waals surface area contributed by atoms with Gasteiger partial charge in [-0.2, -0.15) is 0 Å². The molecule has 0 aromatic carbocycles. The molecular weight excluding hydrogens is 136 g/mol. The Labute approximate surface area is 53.6 Å². The predicted octanol–water partition coefficient (Wildman–Crippen LogP) is -0.989. The first-order valence-electron chi connectivity index (χ1n) is 2.84. The molecule has 0 bridgehead atoms. The van der Waals surface area contributed by atoms with E-state index in [2.05, 4.69) is 0 Å². The average molecular weight is 150 g/mol. The third kappa shape index (κ3) is 3.33. The van der Waals surface area contributed by atoms with E-state index in [-0.39, 0.29) is 9.76 Å². The second-order valence-corrected chi connectivity index (χ2v) is 6.09. The van der Waals surface area contributed by atoms with E-state index in [9.17, 15) is 0 Å². The lowest BCUT2D eigenvalue weighted by atomic mass is 11.0. The van der Waals surface area contributed by atoms with Gasteiger partial charge < -0.3 is 14.9 Å². The van der Waals surface area contributed by atoms with Crippen molar-refractivity contribution in [3.63, 3.8) is 0 Å². The highest BCUT2D eigenvalue weighted by Gasteiger charge is 2.20. The molecule has 0 unspecified atom stereocenters. The summed E-state index contributed by atoms with van der Waals surface area (Å²) in [7, 11) is -2.50. The van der Waals surface area contributed by atoms with Gasteiger partial charge in [0.1, 0.15) is 9.76 Å². The Morgan fingerprint density at radius 2 is 2.12 bits per heavy atom. The summed E-state index contributed by atoms with van der Waals surface area (Å²) in [4.78, 5) is 0. The molecule has 8 heavy (non-hydrogen) atoms. The molecule has 0 aromatic rings. The Morgan fingerprint density at radius 1 is 1.62 bits per heavy atom. The van der Waals surface area contributed by atoms with Gasteiger partial charge in [-0.25, -0.2) is 0 Å². The molecular formula is C3H14N2OSi2. The maximum Gasteiger partial charge on any atom is 0.335 e. The third-order valence-electron chi connectivity index (χ3n) is 0.966. The topological polar surface area (TPSA) is 61.3 Å². The molecule has 0 saturated heterocycles. The fourth-order valence-corrected chi connectivity index (χ4v) is 3.34. The minimum absolute atomic E-state index is 0.389. The summed E-state index contributed by atoms with van der Waals surface area (Å²) in [5.74, 6) is 0. The van der Waals surface area contributed by atoms with Gasteiger partial charge in [0.2, 0.25) is 0 Å². The highest BCUT2D eigenvalue weighted by atomic mass is 28.4. The van der Waals surface area contributed by atoms with Gasteiger partial charge in [0.05, 0.1) is 0 Å². The normalized spacial score (nSPS) is 13.5. The van der Waals surface area contributed by atoms with Gasteiger partial charge >= 0.3 is 8.64 Å². The fraction of sp³-hybridized carbons (Fsp3) is 1.00. The molecule has 0 aromatic heterocycles. The van der Waals surface area contributed by atoms with Crippen molar-refractivity contribution in [1.29, 1.82) is 0 Å². The van der Waals surface area contributed by atoms with Gasteiger partial charge in [-0.1, -0.05) is 13.5 Å². The summed E-state index contributed by atoms with van der Waals surface area (Å²) < 4.78 is 5.21. The first kappa shape index (κ1) is 8.31. The molecule has 0 aliphatic heterocycles. The highest BCUT2D eigenvalue weighted by molar-refractivity contribution is 6.71. The zero-order valence-electron chi connectivity index (χ0n) is 5.48. The summed E-state index contributed by atoms with van der Waals surface area (Å²) in [6, 6.07) is 0.813. The van der Waals surface area contributed by atoms with Crippen LogP contribution in [0.1, 0.15) is 6.92 Å². The van der Waals surface area contributed by atoms with E-state index in [4.69, 9.17) is 14.9 Å². The third-order valence-corrected chi connectivity index (χ3v) is 5.38. The van der Waals surface area contributed by atoms with Crippen molar-refractivity contribution >= 4 is 18.4 Å². The molecule has 50 valence electrons. The Hall–Kier alpha value is 0.314. The molecule has 0 spiro atoms. The van der Waals surface area contributed by atoms with E-state index in [0.29, 0.717) is 0 Å². The van der Waals surface area contributed by atoms with Crippen molar-refractivity contribution in [3.05, 3.63) is 0 Å². The average Bonchev–Trinajstić information content (AvgIpc) is 1.67. The Bertz CT molecular complexity index is 68.3. The molecule has 0 rings (SSSR count). The zero-order valence-corrected chi connectivity index (χ0v) is 7.89. The van der Waals surface area contributed by atoms with Gasteiger partial charge in [0, 0.05) is 0 Å². The standard InChI is InChI=1S/C3H14N2OSi2/c1-3-8(4,5)6-7-2/h3-5,7H2,1-2H3. The summed E-state index contributed by atoms with van der Waals surface area (Å²) in [6.45, 7) is 4.01. The fourth-order valence-electron chi connectivity index (χ4n) is 0.371. The van der Waals surface area contributed by atoms with E-state index >= 15 is 0 Å². The lowest BCUT2D eigenvalue weighted by molar-refractivity contribution is 0.577. The number of hydrogen-bond acceptors (Lipinski definition) is 3. The van der Waals surface area contributed by atoms with Crippen molar-refractivity contribution in [2.45, 2.75) is 19.5 Å².